The molecule has 9 rings (SSSR count). The van der Waals surface area contributed by atoms with E-state index in [9.17, 15) is 0 Å². The fourth-order valence-electron chi connectivity index (χ4n) is 6.33. The van der Waals surface area contributed by atoms with Gasteiger partial charge in [0.15, 0.2) is 5.58 Å². The zero-order chi connectivity index (χ0) is 29.7. The second-order valence-corrected chi connectivity index (χ2v) is 12.3. The molecule has 2 heterocycles. The van der Waals surface area contributed by atoms with Crippen LogP contribution in [-0.4, -0.2) is 4.98 Å². The molecule has 0 unspecified atom stereocenters. The van der Waals surface area contributed by atoms with Gasteiger partial charge in [-0.05, 0) is 65.0 Å². The molecule has 0 atom stereocenters. The van der Waals surface area contributed by atoms with E-state index in [2.05, 4.69) is 132 Å². The summed E-state index contributed by atoms with van der Waals surface area (Å²) in [6, 6.07) is 55.5. The first kappa shape index (κ1) is 25.8. The number of hydrogen-bond donors (Lipinski definition) is 0. The predicted molar refractivity (Wildman–Crippen MR) is 190 cm³/mol. The Labute approximate surface area is 264 Å². The van der Waals surface area contributed by atoms with Gasteiger partial charge in [-0.25, -0.2) is 4.98 Å². The highest BCUT2D eigenvalue weighted by atomic mass is 32.1. The second kappa shape index (κ2) is 10.5. The number of fused-ring (bicyclic) bond motifs is 6. The highest BCUT2D eigenvalue weighted by Crippen LogP contribution is 2.45. The van der Waals surface area contributed by atoms with Crippen LogP contribution in [0.3, 0.4) is 0 Å². The molecule has 0 aliphatic carbocycles. The zero-order valence-electron chi connectivity index (χ0n) is 24.2. The first-order valence-electron chi connectivity index (χ1n) is 15.0. The summed E-state index contributed by atoms with van der Waals surface area (Å²) in [7, 11) is 0. The van der Waals surface area contributed by atoms with Crippen molar-refractivity contribution in [2.75, 3.05) is 4.90 Å². The summed E-state index contributed by atoms with van der Waals surface area (Å²) in [6.07, 6.45) is 0. The van der Waals surface area contributed by atoms with Gasteiger partial charge in [0, 0.05) is 42.5 Å². The molecule has 3 nitrogen and oxygen atoms in total. The molecule has 0 radical (unpaired) electrons. The molecule has 0 amide bonds. The summed E-state index contributed by atoms with van der Waals surface area (Å²) in [5.74, 6) is 0.612. The molecule has 212 valence electrons. The summed E-state index contributed by atoms with van der Waals surface area (Å²) < 4.78 is 9.26. The quantitative estimate of drug-likeness (QED) is 0.198. The number of rotatable bonds is 5. The SMILES string of the molecule is c1ccc(-c2cccc(N(c3ccc4c(c3)sc3ccccc34)c3cc4ccccc4c4nc(-c5ccccc5)oc34)c2)cc1. The van der Waals surface area contributed by atoms with Crippen LogP contribution in [0.1, 0.15) is 0 Å². The molecule has 2 aromatic heterocycles. The largest absolute Gasteiger partial charge is 0.434 e. The van der Waals surface area contributed by atoms with Gasteiger partial charge in [0.2, 0.25) is 5.89 Å². The monoisotopic (exact) mass is 594 g/mol. The number of thiophene rings is 1. The Morgan fingerprint density at radius 2 is 1.16 bits per heavy atom. The summed E-state index contributed by atoms with van der Waals surface area (Å²) in [4.78, 5) is 7.42. The highest BCUT2D eigenvalue weighted by molar-refractivity contribution is 7.25. The van der Waals surface area contributed by atoms with Crippen molar-refractivity contribution in [2.45, 2.75) is 0 Å². The summed E-state index contributed by atoms with van der Waals surface area (Å²) in [5.41, 5.74) is 7.95. The first-order valence-corrected chi connectivity index (χ1v) is 15.9. The number of hydrogen-bond acceptors (Lipinski definition) is 4. The molecule has 0 N–H and O–H groups in total. The van der Waals surface area contributed by atoms with Crippen LogP contribution in [0.15, 0.2) is 162 Å². The van der Waals surface area contributed by atoms with E-state index < -0.39 is 0 Å². The Balaban J connectivity index is 1.33. The Morgan fingerprint density at radius 1 is 0.489 bits per heavy atom. The fourth-order valence-corrected chi connectivity index (χ4v) is 7.47. The van der Waals surface area contributed by atoms with Crippen LogP contribution in [0.25, 0.3) is 64.6 Å². The summed E-state index contributed by atoms with van der Waals surface area (Å²) in [5, 5.41) is 4.74. The number of anilines is 3. The minimum atomic E-state index is 0.612. The maximum atomic E-state index is 6.72. The molecule has 0 aliphatic rings. The summed E-state index contributed by atoms with van der Waals surface area (Å²) in [6.45, 7) is 0. The van der Waals surface area contributed by atoms with Gasteiger partial charge < -0.3 is 9.32 Å². The lowest BCUT2D eigenvalue weighted by Crippen LogP contribution is -2.10. The number of oxazole rings is 1. The van der Waals surface area contributed by atoms with E-state index in [4.69, 9.17) is 9.40 Å². The molecule has 7 aromatic carbocycles. The third-order valence-corrected chi connectivity index (χ3v) is 9.60. The van der Waals surface area contributed by atoms with Crippen LogP contribution >= 0.6 is 11.3 Å². The van der Waals surface area contributed by atoms with Crippen molar-refractivity contribution >= 4 is 70.4 Å². The maximum Gasteiger partial charge on any atom is 0.227 e. The minimum Gasteiger partial charge on any atom is -0.434 e. The van der Waals surface area contributed by atoms with E-state index in [1.807, 2.05) is 41.7 Å². The van der Waals surface area contributed by atoms with Gasteiger partial charge in [0.25, 0.3) is 0 Å². The fraction of sp³-hybridized carbons (Fsp3) is 0. The van der Waals surface area contributed by atoms with E-state index in [1.54, 1.807) is 0 Å². The number of aromatic nitrogens is 1. The number of benzene rings is 7. The second-order valence-electron chi connectivity index (χ2n) is 11.2. The van der Waals surface area contributed by atoms with Gasteiger partial charge in [0.1, 0.15) is 5.52 Å². The van der Waals surface area contributed by atoms with Crippen LogP contribution in [-0.2, 0) is 0 Å². The molecule has 0 spiro atoms. The predicted octanol–water partition coefficient (Wildman–Crippen LogP) is 12.2. The average Bonchev–Trinajstić information content (AvgIpc) is 3.72. The van der Waals surface area contributed by atoms with Crippen LogP contribution < -0.4 is 4.90 Å². The van der Waals surface area contributed by atoms with Gasteiger partial charge in [-0.1, -0.05) is 109 Å². The molecule has 4 heteroatoms. The maximum absolute atomic E-state index is 6.72. The van der Waals surface area contributed by atoms with E-state index in [1.165, 1.54) is 25.7 Å². The van der Waals surface area contributed by atoms with E-state index in [-0.39, 0.29) is 0 Å². The van der Waals surface area contributed by atoms with Gasteiger partial charge in [0.05, 0.1) is 5.69 Å². The standard InChI is InChI=1S/C41H26N2OS/c1-3-12-27(13-4-1)29-17-11-18-31(24-29)43(32-22-23-35-34-20-9-10-21-37(34)45-38(35)26-32)36-25-30-16-7-8-19-33(30)39-40(36)44-41(42-39)28-14-5-2-6-15-28/h1-26H. The third kappa shape index (κ3) is 4.38. The van der Waals surface area contributed by atoms with Crippen molar-refractivity contribution in [3.63, 3.8) is 0 Å². The van der Waals surface area contributed by atoms with Gasteiger partial charge in [-0.3, -0.25) is 0 Å². The van der Waals surface area contributed by atoms with Crippen LogP contribution in [0.5, 0.6) is 0 Å². The lowest BCUT2D eigenvalue weighted by atomic mass is 10.0. The van der Waals surface area contributed by atoms with Crippen LogP contribution in [0.4, 0.5) is 17.1 Å². The normalized spacial score (nSPS) is 11.6. The lowest BCUT2D eigenvalue weighted by Gasteiger charge is -2.26. The third-order valence-electron chi connectivity index (χ3n) is 8.46. The van der Waals surface area contributed by atoms with Crippen LogP contribution in [0, 0.1) is 0 Å². The molecule has 9 aromatic rings. The molecule has 0 fully saturated rings. The molecule has 0 aliphatic heterocycles. The van der Waals surface area contributed by atoms with Crippen molar-refractivity contribution in [1.82, 2.24) is 4.98 Å². The van der Waals surface area contributed by atoms with E-state index >= 15 is 0 Å². The van der Waals surface area contributed by atoms with Gasteiger partial charge >= 0.3 is 0 Å². The molecule has 0 saturated heterocycles. The Morgan fingerprint density at radius 3 is 2.00 bits per heavy atom. The van der Waals surface area contributed by atoms with Gasteiger partial charge in [-0.15, -0.1) is 11.3 Å². The molecule has 0 saturated carbocycles. The topological polar surface area (TPSA) is 29.3 Å². The Hall–Kier alpha value is -5.71. The van der Waals surface area contributed by atoms with E-state index in [0.717, 1.165) is 50.1 Å². The smallest absolute Gasteiger partial charge is 0.227 e. The van der Waals surface area contributed by atoms with Crippen molar-refractivity contribution in [3.05, 3.63) is 158 Å². The molecular formula is C41H26N2OS. The highest BCUT2D eigenvalue weighted by Gasteiger charge is 2.23. The lowest BCUT2D eigenvalue weighted by molar-refractivity contribution is 0.620. The van der Waals surface area contributed by atoms with Crippen molar-refractivity contribution in [3.8, 4) is 22.6 Å². The number of nitrogens with zero attached hydrogens (tertiary/aromatic N) is 2. The van der Waals surface area contributed by atoms with Crippen molar-refractivity contribution < 1.29 is 4.42 Å². The molecular weight excluding hydrogens is 569 g/mol. The van der Waals surface area contributed by atoms with Gasteiger partial charge in [-0.2, -0.15) is 0 Å². The zero-order valence-corrected chi connectivity index (χ0v) is 25.0. The summed E-state index contributed by atoms with van der Waals surface area (Å²) >= 11 is 1.83. The first-order chi connectivity index (χ1) is 22.3. The van der Waals surface area contributed by atoms with Crippen molar-refractivity contribution in [2.24, 2.45) is 0 Å². The molecule has 0 bridgehead atoms. The minimum absolute atomic E-state index is 0.612. The Kier molecular flexibility index (Phi) is 6.00. The average molecular weight is 595 g/mol. The van der Waals surface area contributed by atoms with E-state index in [0.29, 0.717) is 5.89 Å². The van der Waals surface area contributed by atoms with Crippen LogP contribution in [0.2, 0.25) is 0 Å². The Bertz CT molecular complexity index is 2500. The van der Waals surface area contributed by atoms with Crippen molar-refractivity contribution in [1.29, 1.82) is 0 Å². The molecule has 45 heavy (non-hydrogen) atoms.